The van der Waals surface area contributed by atoms with Gasteiger partial charge in [-0.1, -0.05) is 34.2 Å². The van der Waals surface area contributed by atoms with E-state index >= 15 is 0 Å². The van der Waals surface area contributed by atoms with Gasteiger partial charge in [0.1, 0.15) is 0 Å². The average molecular weight is 200 g/mol. The predicted octanol–water partition coefficient (Wildman–Crippen LogP) is 2.11. The molecule has 2 N–H and O–H groups in total. The van der Waals surface area contributed by atoms with Gasteiger partial charge < -0.3 is 5.73 Å². The molecule has 0 aromatic carbocycles. The van der Waals surface area contributed by atoms with Crippen LogP contribution in [0.2, 0.25) is 0 Å². The van der Waals surface area contributed by atoms with Crippen LogP contribution in [0, 0.1) is 0 Å². The molecule has 0 spiro atoms. The lowest BCUT2D eigenvalue weighted by atomic mass is 10.0. The molecule has 0 aliphatic heterocycles. The molecule has 0 aromatic heterocycles. The second-order valence-corrected chi connectivity index (χ2v) is 3.14. The molecule has 0 saturated carbocycles. The van der Waals surface area contributed by atoms with E-state index < -0.39 is 0 Å². The Balaban J connectivity index is 2.81. The largest absolute Gasteiger partial charge is 0.326 e. The van der Waals surface area contributed by atoms with E-state index in [-0.39, 0.29) is 0 Å². The monoisotopic (exact) mass is 199 g/mol. The lowest BCUT2D eigenvalue weighted by Gasteiger charge is -2.09. The van der Waals surface area contributed by atoms with Crippen molar-refractivity contribution in [2.75, 3.05) is 6.54 Å². The van der Waals surface area contributed by atoms with Crippen LogP contribution in [0.25, 0.3) is 0 Å². The molecule has 1 rings (SSSR count). The third kappa shape index (κ3) is 1.58. The van der Waals surface area contributed by atoms with Gasteiger partial charge in [-0.2, -0.15) is 0 Å². The van der Waals surface area contributed by atoms with Gasteiger partial charge >= 0.3 is 0 Å². The maximum Gasteiger partial charge on any atom is 0.0219 e. The maximum absolute atomic E-state index is 5.47. The number of hydrogen-bond donors (Lipinski definition) is 1. The first-order valence-corrected chi connectivity index (χ1v) is 3.98. The molecular weight excluding hydrogens is 190 g/mol. The van der Waals surface area contributed by atoms with Crippen molar-refractivity contribution in [2.45, 2.75) is 6.42 Å². The molecule has 0 radical (unpaired) electrons. The highest BCUT2D eigenvalue weighted by Gasteiger charge is 2.04. The molecule has 0 saturated heterocycles. The summed E-state index contributed by atoms with van der Waals surface area (Å²) in [7, 11) is 0. The second kappa shape index (κ2) is 3.17. The van der Waals surface area contributed by atoms with E-state index in [4.69, 9.17) is 5.73 Å². The summed E-state index contributed by atoms with van der Waals surface area (Å²) in [5.41, 5.74) is 7.77. The fraction of sp³-hybridized carbons (Fsp3) is 0.250. The Hall–Kier alpha value is -0.340. The van der Waals surface area contributed by atoms with Crippen molar-refractivity contribution in [3.8, 4) is 0 Å². The fourth-order valence-corrected chi connectivity index (χ4v) is 1.51. The molecule has 0 fully saturated rings. The van der Waals surface area contributed by atoms with Gasteiger partial charge in [0.25, 0.3) is 0 Å². The smallest absolute Gasteiger partial charge is 0.0219 e. The van der Waals surface area contributed by atoms with Crippen LogP contribution in [-0.4, -0.2) is 6.54 Å². The Labute approximate surface area is 69.4 Å². The van der Waals surface area contributed by atoms with Gasteiger partial charge in [-0.3, -0.25) is 0 Å². The van der Waals surface area contributed by atoms with Gasteiger partial charge in [0.15, 0.2) is 0 Å². The summed E-state index contributed by atoms with van der Waals surface area (Å²) in [6, 6.07) is 0. The summed E-state index contributed by atoms with van der Waals surface area (Å²) in [4.78, 5) is 0. The van der Waals surface area contributed by atoms with E-state index in [0.29, 0.717) is 6.54 Å². The molecule has 2 heteroatoms. The standard InChI is InChI=1S/C8H10BrN/c1-6-2-3-7(5-10)8(9)4-6/h3-4H,1-2,5,10H2. The molecule has 0 bridgehead atoms. The van der Waals surface area contributed by atoms with Crippen LogP contribution in [0.15, 0.2) is 34.4 Å². The van der Waals surface area contributed by atoms with E-state index in [1.807, 2.05) is 6.08 Å². The topological polar surface area (TPSA) is 26.0 Å². The molecule has 10 heavy (non-hydrogen) atoms. The van der Waals surface area contributed by atoms with Crippen LogP contribution in [-0.2, 0) is 0 Å². The van der Waals surface area contributed by atoms with Crippen molar-refractivity contribution >= 4 is 15.9 Å². The first-order chi connectivity index (χ1) is 4.74. The highest BCUT2D eigenvalue weighted by molar-refractivity contribution is 9.12. The summed E-state index contributed by atoms with van der Waals surface area (Å²) in [6.07, 6.45) is 5.05. The molecule has 0 amide bonds. The third-order valence-corrected chi connectivity index (χ3v) is 2.21. The van der Waals surface area contributed by atoms with Crippen LogP contribution in [0.4, 0.5) is 0 Å². The van der Waals surface area contributed by atoms with Crippen LogP contribution in [0.3, 0.4) is 0 Å². The molecule has 0 aromatic rings. The minimum Gasteiger partial charge on any atom is -0.326 e. The van der Waals surface area contributed by atoms with Crippen molar-refractivity contribution < 1.29 is 0 Å². The molecule has 0 atom stereocenters. The van der Waals surface area contributed by atoms with Gasteiger partial charge in [-0.15, -0.1) is 0 Å². The highest BCUT2D eigenvalue weighted by atomic mass is 79.9. The zero-order chi connectivity index (χ0) is 7.56. The first-order valence-electron chi connectivity index (χ1n) is 3.18. The van der Waals surface area contributed by atoms with E-state index in [1.54, 1.807) is 0 Å². The van der Waals surface area contributed by atoms with Crippen LogP contribution < -0.4 is 5.73 Å². The van der Waals surface area contributed by atoms with E-state index in [2.05, 4.69) is 28.6 Å². The van der Waals surface area contributed by atoms with Gasteiger partial charge in [0.05, 0.1) is 0 Å². The minimum atomic E-state index is 0.602. The molecule has 0 heterocycles. The molecular formula is C8H10BrN. The number of nitrogens with two attached hydrogens (primary N) is 1. The molecule has 1 aliphatic carbocycles. The van der Waals surface area contributed by atoms with Crippen LogP contribution in [0.5, 0.6) is 0 Å². The van der Waals surface area contributed by atoms with Crippen molar-refractivity contribution in [1.29, 1.82) is 0 Å². The normalized spacial score (nSPS) is 18.4. The van der Waals surface area contributed by atoms with Crippen molar-refractivity contribution in [1.82, 2.24) is 0 Å². The Bertz CT molecular complexity index is 213. The zero-order valence-corrected chi connectivity index (χ0v) is 7.32. The van der Waals surface area contributed by atoms with E-state index in [9.17, 15) is 0 Å². The summed E-state index contributed by atoms with van der Waals surface area (Å²) < 4.78 is 1.08. The minimum absolute atomic E-state index is 0.602. The van der Waals surface area contributed by atoms with E-state index in [1.165, 1.54) is 5.57 Å². The lowest BCUT2D eigenvalue weighted by Crippen LogP contribution is -2.05. The Morgan fingerprint density at radius 3 is 2.90 bits per heavy atom. The summed E-state index contributed by atoms with van der Waals surface area (Å²) in [5, 5.41) is 0. The highest BCUT2D eigenvalue weighted by Crippen LogP contribution is 2.24. The fourth-order valence-electron chi connectivity index (χ4n) is 0.863. The molecule has 1 aliphatic rings. The van der Waals surface area contributed by atoms with Crippen molar-refractivity contribution in [3.63, 3.8) is 0 Å². The van der Waals surface area contributed by atoms with Crippen LogP contribution in [0.1, 0.15) is 6.42 Å². The Morgan fingerprint density at radius 2 is 2.40 bits per heavy atom. The number of rotatable bonds is 1. The molecule has 0 unspecified atom stereocenters. The summed E-state index contributed by atoms with van der Waals surface area (Å²) in [6.45, 7) is 4.44. The van der Waals surface area contributed by atoms with Crippen molar-refractivity contribution in [2.24, 2.45) is 5.73 Å². The Morgan fingerprint density at radius 1 is 1.70 bits per heavy atom. The van der Waals surface area contributed by atoms with E-state index in [0.717, 1.165) is 16.5 Å². The summed E-state index contributed by atoms with van der Waals surface area (Å²) in [5.74, 6) is 0. The quantitative estimate of drug-likeness (QED) is 0.689. The van der Waals surface area contributed by atoms with Gasteiger partial charge in [0, 0.05) is 11.0 Å². The SMILES string of the molecule is C=C1C=C(Br)C(CN)=CC1. The second-order valence-electron chi connectivity index (χ2n) is 2.29. The third-order valence-electron chi connectivity index (χ3n) is 1.47. The van der Waals surface area contributed by atoms with Gasteiger partial charge in [0.2, 0.25) is 0 Å². The average Bonchev–Trinajstić information content (AvgIpc) is 1.88. The predicted molar refractivity (Wildman–Crippen MR) is 47.9 cm³/mol. The Kier molecular flexibility index (Phi) is 2.46. The molecule has 1 nitrogen and oxygen atoms in total. The van der Waals surface area contributed by atoms with Gasteiger partial charge in [-0.25, -0.2) is 0 Å². The number of allylic oxidation sites excluding steroid dienone is 3. The summed E-state index contributed by atoms with van der Waals surface area (Å²) >= 11 is 3.41. The van der Waals surface area contributed by atoms with Crippen LogP contribution >= 0.6 is 15.9 Å². The lowest BCUT2D eigenvalue weighted by molar-refractivity contribution is 1.12. The first kappa shape index (κ1) is 7.76. The van der Waals surface area contributed by atoms with Gasteiger partial charge in [-0.05, 0) is 18.1 Å². The zero-order valence-electron chi connectivity index (χ0n) is 5.73. The maximum atomic E-state index is 5.47. The van der Waals surface area contributed by atoms with Crippen molar-refractivity contribution in [3.05, 3.63) is 34.4 Å². The molecule has 54 valence electrons. The number of hydrogen-bond acceptors (Lipinski definition) is 1. The number of halogens is 1.